The lowest BCUT2D eigenvalue weighted by Crippen LogP contribution is -1.91. The van der Waals surface area contributed by atoms with Crippen LogP contribution in [0.3, 0.4) is 0 Å². The van der Waals surface area contributed by atoms with Gasteiger partial charge in [-0.25, -0.2) is 0 Å². The number of rotatable bonds is 16. The third-order valence-corrected chi connectivity index (χ3v) is 11.8. The van der Waals surface area contributed by atoms with Gasteiger partial charge in [-0.15, -0.1) is 23.5 Å². The molecule has 0 aromatic heterocycles. The van der Waals surface area contributed by atoms with Crippen LogP contribution in [-0.2, 0) is 24.3 Å². The van der Waals surface area contributed by atoms with Gasteiger partial charge in [-0.2, -0.15) is 20.5 Å². The van der Waals surface area contributed by atoms with Crippen LogP contribution in [0.25, 0.3) is 0 Å². The highest BCUT2D eigenvalue weighted by atomic mass is 32.2. The lowest BCUT2D eigenvalue weighted by molar-refractivity contribution is 0.474. The molecule has 0 amide bonds. The Hall–Kier alpha value is -6.62. The minimum absolute atomic E-state index is 0.119. The van der Waals surface area contributed by atoms with Gasteiger partial charge in [-0.3, -0.25) is 9.98 Å². The Morgan fingerprint density at radius 1 is 0.433 bits per heavy atom. The maximum atomic E-state index is 10.6. The number of thioether (sulfide) groups is 2. The number of aliphatic imine (C=N–C) groups is 2. The fourth-order valence-corrected chi connectivity index (χ4v) is 8.11. The third kappa shape index (κ3) is 11.5. The third-order valence-electron chi connectivity index (χ3n) is 9.57. The Bertz CT molecular complexity index is 2480. The molecule has 8 nitrogen and oxygen atoms in total. The molecule has 10 heteroatoms. The van der Waals surface area contributed by atoms with Crippen molar-refractivity contribution in [3.05, 3.63) is 191 Å². The Morgan fingerprint density at radius 2 is 0.800 bits per heavy atom. The number of aromatic hydroxyl groups is 2. The molecule has 2 N–H and O–H groups in total. The number of azo groups is 2. The number of aryl methyl sites for hydroxylation is 2. The summed E-state index contributed by atoms with van der Waals surface area (Å²) >= 11 is 3.44. The zero-order chi connectivity index (χ0) is 41.5. The highest BCUT2D eigenvalue weighted by Gasteiger charge is 2.10. The van der Waals surface area contributed by atoms with Crippen LogP contribution >= 0.6 is 23.5 Å². The summed E-state index contributed by atoms with van der Waals surface area (Å²) < 4.78 is 0. The zero-order valence-corrected chi connectivity index (χ0v) is 35.0. The zero-order valence-electron chi connectivity index (χ0n) is 33.4. The van der Waals surface area contributed by atoms with E-state index in [2.05, 4.69) is 70.7 Å². The summed E-state index contributed by atoms with van der Waals surface area (Å²) in [5, 5.41) is 38.8. The van der Waals surface area contributed by atoms with Crippen molar-refractivity contribution in [1.29, 1.82) is 0 Å². The number of benzene rings is 7. The van der Waals surface area contributed by atoms with Crippen LogP contribution in [0.1, 0.15) is 47.2 Å². The maximum absolute atomic E-state index is 10.6. The highest BCUT2D eigenvalue weighted by molar-refractivity contribution is 7.99. The SMILES string of the molecule is CCc1ccc(N=Nc2ccc(O)c(C=Nc3ccccc3SCc3ccccc3CSc3ccccc3N=Cc3cc(N=Nc4ccc(CC)cc4)ccc3O)c2)cc1. The molecular weight excluding hydrogens is 781 g/mol. The standard InChI is InChI=1S/C50H44N6O2S2/c1-3-35-17-21-41(22-18-35)53-55-43-25-27-47(57)39(29-43)31-51-45-13-7-9-15-49(45)59-33-37-11-5-6-12-38(37)34-60-50-16-10-8-14-46(50)52-32-40-30-44(26-28-48(40)58)56-54-42-23-19-36(4-2)20-24-42/h5-32,57-58H,3-4,33-34H2,1-2H3. The fourth-order valence-electron chi connectivity index (χ4n) is 6.04. The van der Waals surface area contributed by atoms with Gasteiger partial charge in [0.1, 0.15) is 11.5 Å². The van der Waals surface area contributed by atoms with E-state index in [1.807, 2.05) is 84.9 Å². The van der Waals surface area contributed by atoms with E-state index in [1.54, 1.807) is 72.4 Å². The molecule has 0 aliphatic carbocycles. The Balaban J connectivity index is 0.998. The molecule has 7 aromatic rings. The lowest BCUT2D eigenvalue weighted by Gasteiger charge is -2.11. The van der Waals surface area contributed by atoms with Crippen molar-refractivity contribution in [2.24, 2.45) is 30.4 Å². The molecule has 298 valence electrons. The highest BCUT2D eigenvalue weighted by Crippen LogP contribution is 2.36. The summed E-state index contributed by atoms with van der Waals surface area (Å²) in [4.78, 5) is 11.6. The van der Waals surface area contributed by atoms with Gasteiger partial charge < -0.3 is 10.2 Å². The number of hydrogen-bond acceptors (Lipinski definition) is 10. The van der Waals surface area contributed by atoms with Crippen LogP contribution in [0.4, 0.5) is 34.1 Å². The lowest BCUT2D eigenvalue weighted by atomic mass is 10.1. The van der Waals surface area contributed by atoms with Crippen molar-refractivity contribution in [1.82, 2.24) is 0 Å². The average molecular weight is 825 g/mol. The smallest absolute Gasteiger partial charge is 0.124 e. The minimum Gasteiger partial charge on any atom is -0.507 e. The summed E-state index contributed by atoms with van der Waals surface area (Å²) in [6, 6.07) is 50.8. The van der Waals surface area contributed by atoms with E-state index in [0.717, 1.165) is 56.9 Å². The molecule has 0 aliphatic rings. The number of phenols is 2. The Morgan fingerprint density at radius 3 is 1.22 bits per heavy atom. The first kappa shape index (κ1) is 41.5. The number of phenolic OH excluding ortho intramolecular Hbond substituents is 2. The van der Waals surface area contributed by atoms with E-state index in [-0.39, 0.29) is 11.5 Å². The van der Waals surface area contributed by atoms with E-state index in [9.17, 15) is 10.2 Å². The quantitative estimate of drug-likeness (QED) is 0.0573. The largest absolute Gasteiger partial charge is 0.507 e. The van der Waals surface area contributed by atoms with E-state index in [4.69, 9.17) is 9.98 Å². The molecular formula is C50H44N6O2S2. The van der Waals surface area contributed by atoms with Crippen molar-refractivity contribution in [2.75, 3.05) is 0 Å². The van der Waals surface area contributed by atoms with Crippen molar-refractivity contribution in [2.45, 2.75) is 48.0 Å². The second-order valence-corrected chi connectivity index (χ2v) is 15.8. The molecule has 0 spiro atoms. The van der Waals surface area contributed by atoms with E-state index < -0.39 is 0 Å². The van der Waals surface area contributed by atoms with Gasteiger partial charge in [0.15, 0.2) is 0 Å². The molecule has 0 atom stereocenters. The Labute approximate surface area is 359 Å². The molecule has 0 fully saturated rings. The summed E-state index contributed by atoms with van der Waals surface area (Å²) in [5.74, 6) is 1.74. The van der Waals surface area contributed by atoms with Gasteiger partial charge in [-0.1, -0.05) is 86.6 Å². The molecule has 0 radical (unpaired) electrons. The predicted octanol–water partition coefficient (Wildman–Crippen LogP) is 15.1. The van der Waals surface area contributed by atoms with Gasteiger partial charge in [0.25, 0.3) is 0 Å². The van der Waals surface area contributed by atoms with Gasteiger partial charge in [0.2, 0.25) is 0 Å². The second-order valence-electron chi connectivity index (χ2n) is 13.7. The number of hydrogen-bond donors (Lipinski definition) is 2. The summed E-state index contributed by atoms with van der Waals surface area (Å²) in [6.45, 7) is 4.24. The fraction of sp³-hybridized carbons (Fsp3) is 0.120. The van der Waals surface area contributed by atoms with Gasteiger partial charge in [0, 0.05) is 44.9 Å². The maximum Gasteiger partial charge on any atom is 0.124 e. The molecule has 0 saturated carbocycles. The van der Waals surface area contributed by atoms with Crippen LogP contribution in [0.15, 0.2) is 198 Å². The molecule has 7 aromatic carbocycles. The predicted molar refractivity (Wildman–Crippen MR) is 249 cm³/mol. The minimum atomic E-state index is 0.119. The first-order chi connectivity index (χ1) is 29.4. The van der Waals surface area contributed by atoms with E-state index >= 15 is 0 Å². The van der Waals surface area contributed by atoms with Crippen LogP contribution < -0.4 is 0 Å². The van der Waals surface area contributed by atoms with E-state index in [0.29, 0.717) is 22.5 Å². The summed E-state index contributed by atoms with van der Waals surface area (Å²) in [6.07, 6.45) is 5.28. The van der Waals surface area contributed by atoms with Gasteiger partial charge in [-0.05, 0) is 120 Å². The molecule has 0 aliphatic heterocycles. The molecule has 0 heterocycles. The number of nitrogens with zero attached hydrogens (tertiary/aromatic N) is 6. The normalized spacial score (nSPS) is 11.8. The average Bonchev–Trinajstić information content (AvgIpc) is 3.30. The molecule has 60 heavy (non-hydrogen) atoms. The van der Waals surface area contributed by atoms with Crippen molar-refractivity contribution >= 4 is 70.1 Å². The monoisotopic (exact) mass is 824 g/mol. The van der Waals surface area contributed by atoms with Gasteiger partial charge >= 0.3 is 0 Å². The van der Waals surface area contributed by atoms with Crippen LogP contribution in [0.2, 0.25) is 0 Å². The number of para-hydroxylation sites is 2. The van der Waals surface area contributed by atoms with E-state index in [1.165, 1.54) is 22.3 Å². The van der Waals surface area contributed by atoms with Crippen molar-refractivity contribution < 1.29 is 10.2 Å². The molecule has 0 bridgehead atoms. The second kappa shape index (κ2) is 20.9. The topological polar surface area (TPSA) is 115 Å². The van der Waals surface area contributed by atoms with Crippen molar-refractivity contribution in [3.63, 3.8) is 0 Å². The first-order valence-electron chi connectivity index (χ1n) is 19.7. The summed E-state index contributed by atoms with van der Waals surface area (Å²) in [5.41, 5.74) is 10.5. The van der Waals surface area contributed by atoms with Crippen LogP contribution in [0, 0.1) is 0 Å². The van der Waals surface area contributed by atoms with Crippen LogP contribution in [0.5, 0.6) is 11.5 Å². The molecule has 7 rings (SSSR count). The summed E-state index contributed by atoms with van der Waals surface area (Å²) in [7, 11) is 0. The first-order valence-corrected chi connectivity index (χ1v) is 21.7. The van der Waals surface area contributed by atoms with Crippen molar-refractivity contribution in [3.8, 4) is 11.5 Å². The molecule has 0 unspecified atom stereocenters. The van der Waals surface area contributed by atoms with Gasteiger partial charge in [0.05, 0.1) is 34.1 Å². The Kier molecular flexibility index (Phi) is 14.5. The van der Waals surface area contributed by atoms with Crippen LogP contribution in [-0.4, -0.2) is 22.6 Å². The molecule has 0 saturated heterocycles.